The molecule has 0 saturated carbocycles. The second-order valence-electron chi connectivity index (χ2n) is 10.8. The van der Waals surface area contributed by atoms with Gasteiger partial charge in [-0.05, 0) is 41.5 Å². The van der Waals surface area contributed by atoms with Crippen molar-refractivity contribution in [1.82, 2.24) is 9.80 Å². The lowest BCUT2D eigenvalue weighted by Gasteiger charge is -2.27. The van der Waals surface area contributed by atoms with E-state index in [1.54, 1.807) is 41.5 Å². The third-order valence-electron chi connectivity index (χ3n) is 5.16. The summed E-state index contributed by atoms with van der Waals surface area (Å²) in [5.41, 5.74) is -1.97. The van der Waals surface area contributed by atoms with Crippen LogP contribution >= 0.6 is 0 Å². The Kier molecular flexibility index (Phi) is 10.3. The zero-order chi connectivity index (χ0) is 28.1. The number of ether oxygens (including phenoxy) is 4. The summed E-state index contributed by atoms with van der Waals surface area (Å²) in [5.74, 6) is -1.08. The molecule has 0 aromatic rings. The van der Waals surface area contributed by atoms with E-state index in [1.165, 1.54) is 19.1 Å². The van der Waals surface area contributed by atoms with Gasteiger partial charge in [-0.15, -0.1) is 0 Å². The highest BCUT2D eigenvalue weighted by molar-refractivity contribution is 5.83. The summed E-state index contributed by atoms with van der Waals surface area (Å²) in [5, 5.41) is 19.2. The number of methoxy groups -OCH3 is 2. The van der Waals surface area contributed by atoms with Gasteiger partial charge in [0.25, 0.3) is 0 Å². The molecule has 2 aliphatic heterocycles. The molecule has 0 radical (unpaired) electrons. The molecule has 0 aromatic heterocycles. The van der Waals surface area contributed by atoms with Crippen molar-refractivity contribution < 1.29 is 48.3 Å². The van der Waals surface area contributed by atoms with E-state index in [2.05, 4.69) is 16.1 Å². The summed E-state index contributed by atoms with van der Waals surface area (Å²) in [4.78, 5) is 49.5. The summed E-state index contributed by atoms with van der Waals surface area (Å²) < 4.78 is 19.7. The summed E-state index contributed by atoms with van der Waals surface area (Å²) in [6.45, 7) is 13.9. The lowest BCUT2D eigenvalue weighted by atomic mass is 10.0. The quantitative estimate of drug-likeness (QED) is 0.321. The van der Waals surface area contributed by atoms with Crippen molar-refractivity contribution in [3.05, 3.63) is 12.2 Å². The molecule has 0 aliphatic carbocycles. The second kappa shape index (κ2) is 11.9. The second-order valence-corrected chi connectivity index (χ2v) is 10.8. The molecule has 0 spiro atoms. The van der Waals surface area contributed by atoms with Crippen LogP contribution in [0.3, 0.4) is 0 Å². The van der Waals surface area contributed by atoms with Gasteiger partial charge in [-0.2, -0.15) is 0 Å². The zero-order valence-corrected chi connectivity index (χ0v) is 22.5. The highest BCUT2D eigenvalue weighted by atomic mass is 16.6. The van der Waals surface area contributed by atoms with Crippen LogP contribution < -0.4 is 0 Å². The Balaban J connectivity index is 0.000000362. The molecule has 12 nitrogen and oxygen atoms in total. The van der Waals surface area contributed by atoms with Crippen molar-refractivity contribution >= 4 is 24.1 Å². The normalized spacial score (nSPS) is 24.0. The number of aliphatic hydroxyl groups is 2. The highest BCUT2D eigenvalue weighted by Crippen LogP contribution is 2.29. The molecular weight excluding hydrogens is 476 g/mol. The molecule has 2 aliphatic rings. The van der Waals surface area contributed by atoms with Crippen LogP contribution in [-0.2, 0) is 28.5 Å². The van der Waals surface area contributed by atoms with Gasteiger partial charge in [0.1, 0.15) is 28.9 Å². The number of nitrogens with zero attached hydrogens (tertiary/aromatic N) is 2. The number of aliphatic hydroxyl groups excluding tert-OH is 1. The van der Waals surface area contributed by atoms with Gasteiger partial charge < -0.3 is 29.2 Å². The summed E-state index contributed by atoms with van der Waals surface area (Å²) >= 11 is 0. The van der Waals surface area contributed by atoms with Crippen LogP contribution in [-0.4, -0.2) is 107 Å². The Morgan fingerprint density at radius 3 is 1.78 bits per heavy atom. The summed E-state index contributed by atoms with van der Waals surface area (Å²) in [6, 6.07) is -1.56. The molecule has 0 bridgehead atoms. The summed E-state index contributed by atoms with van der Waals surface area (Å²) in [6.07, 6.45) is -0.861. The van der Waals surface area contributed by atoms with Gasteiger partial charge in [0.05, 0.1) is 27.4 Å². The minimum absolute atomic E-state index is 0.0740. The first-order chi connectivity index (χ1) is 16.4. The molecule has 1 unspecified atom stereocenters. The van der Waals surface area contributed by atoms with E-state index in [1.807, 2.05) is 0 Å². The molecule has 12 heteroatoms. The molecule has 2 N–H and O–H groups in total. The van der Waals surface area contributed by atoms with Gasteiger partial charge >= 0.3 is 24.1 Å². The van der Waals surface area contributed by atoms with Gasteiger partial charge in [-0.25, -0.2) is 19.2 Å². The van der Waals surface area contributed by atoms with Crippen LogP contribution in [0.5, 0.6) is 0 Å². The van der Waals surface area contributed by atoms with E-state index < -0.39 is 59.6 Å². The molecule has 206 valence electrons. The lowest BCUT2D eigenvalue weighted by Crippen LogP contribution is -2.44. The third kappa shape index (κ3) is 8.98. The van der Waals surface area contributed by atoms with Crippen LogP contribution in [0.4, 0.5) is 9.59 Å². The number of rotatable bonds is 3. The van der Waals surface area contributed by atoms with Crippen LogP contribution in [0.1, 0.15) is 54.4 Å². The molecular formula is C24H40N2O10. The smallest absolute Gasteiger partial charge is 0.411 e. The monoisotopic (exact) mass is 516 g/mol. The molecule has 2 saturated heterocycles. The van der Waals surface area contributed by atoms with E-state index in [0.29, 0.717) is 13.0 Å². The van der Waals surface area contributed by atoms with Gasteiger partial charge in [-0.1, -0.05) is 12.2 Å². The Bertz CT molecular complexity index is 845. The number of β-amino-alcohol motifs (C(OH)–C–C–N with tert-alkyl or cyclic N) is 1. The van der Waals surface area contributed by atoms with Crippen molar-refractivity contribution in [2.45, 2.75) is 83.3 Å². The number of carbonyl (C=O) groups excluding carboxylic acids is 4. The Labute approximate surface area is 212 Å². The highest BCUT2D eigenvalue weighted by Gasteiger charge is 2.49. The Hall–Kier alpha value is -2.86. The van der Waals surface area contributed by atoms with Crippen LogP contribution in [0.15, 0.2) is 12.2 Å². The number of esters is 2. The Morgan fingerprint density at radius 2 is 1.36 bits per heavy atom. The average Bonchev–Trinajstić information content (AvgIpc) is 3.32. The van der Waals surface area contributed by atoms with E-state index in [-0.39, 0.29) is 13.0 Å². The third-order valence-corrected chi connectivity index (χ3v) is 5.16. The van der Waals surface area contributed by atoms with E-state index in [0.717, 1.165) is 10.5 Å². The van der Waals surface area contributed by atoms with E-state index in [9.17, 15) is 24.3 Å². The number of amides is 2. The van der Waals surface area contributed by atoms with Crippen molar-refractivity contribution in [2.24, 2.45) is 0 Å². The first kappa shape index (κ1) is 31.2. The molecule has 2 fully saturated rings. The predicted octanol–water partition coefficient (Wildman–Crippen LogP) is 1.62. The molecule has 0 aromatic carbocycles. The molecule has 36 heavy (non-hydrogen) atoms. The maximum absolute atomic E-state index is 12.0. The fourth-order valence-electron chi connectivity index (χ4n) is 3.59. The Morgan fingerprint density at radius 1 is 0.917 bits per heavy atom. The van der Waals surface area contributed by atoms with E-state index in [4.69, 9.17) is 14.6 Å². The van der Waals surface area contributed by atoms with Crippen molar-refractivity contribution in [3.63, 3.8) is 0 Å². The number of likely N-dealkylation sites (tertiary alicyclic amines) is 2. The minimum Gasteiger partial charge on any atom is -0.467 e. The first-order valence-electron chi connectivity index (χ1n) is 11.5. The van der Waals surface area contributed by atoms with Crippen LogP contribution in [0.2, 0.25) is 0 Å². The van der Waals surface area contributed by atoms with Gasteiger partial charge in [-0.3, -0.25) is 9.80 Å². The van der Waals surface area contributed by atoms with Gasteiger partial charge in [0, 0.05) is 19.4 Å². The van der Waals surface area contributed by atoms with Crippen molar-refractivity contribution in [3.8, 4) is 0 Å². The maximum atomic E-state index is 12.0. The topological polar surface area (TPSA) is 152 Å². The fraction of sp³-hybridized carbons (Fsp3) is 0.750. The lowest BCUT2D eigenvalue weighted by molar-refractivity contribution is -0.146. The number of hydrogen-bond acceptors (Lipinski definition) is 10. The number of carbonyl (C=O) groups is 4. The molecule has 2 amide bonds. The number of hydrogen-bond donors (Lipinski definition) is 2. The molecule has 3 atom stereocenters. The van der Waals surface area contributed by atoms with Crippen molar-refractivity contribution in [2.75, 3.05) is 33.9 Å². The average molecular weight is 517 g/mol. The first-order valence-corrected chi connectivity index (χ1v) is 11.5. The van der Waals surface area contributed by atoms with Crippen LogP contribution in [0, 0.1) is 0 Å². The standard InChI is InChI=1S/C12H21NO6.C12H19NO4/c1-11(2,3)19-10(16)13-6-12(17,7-14)5-8(13)9(15)18-4;1-8-6-9(10(14)16-5)13(7-8)11(15)17-12(2,3)4/h8,14,17H,5-7H2,1-4H3;9H,1,6-7H2,2-5H3/t8-,12?;9-/m00/s1. The SMILES string of the molecule is C=C1C[C@@H](C(=O)OC)N(C(=O)OC(C)(C)C)C1.COC(=O)[C@@H]1CC(O)(CO)CN1C(=O)OC(C)(C)C. The minimum atomic E-state index is -1.50. The predicted molar refractivity (Wildman–Crippen MR) is 128 cm³/mol. The van der Waals surface area contributed by atoms with Crippen LogP contribution in [0.25, 0.3) is 0 Å². The molecule has 2 heterocycles. The fourth-order valence-corrected chi connectivity index (χ4v) is 3.59. The van der Waals surface area contributed by atoms with Gasteiger partial charge in [0.15, 0.2) is 0 Å². The summed E-state index contributed by atoms with van der Waals surface area (Å²) in [7, 11) is 2.50. The molecule has 2 rings (SSSR count). The van der Waals surface area contributed by atoms with E-state index >= 15 is 0 Å². The largest absolute Gasteiger partial charge is 0.467 e. The zero-order valence-electron chi connectivity index (χ0n) is 22.5. The van der Waals surface area contributed by atoms with Gasteiger partial charge in [0.2, 0.25) is 0 Å². The maximum Gasteiger partial charge on any atom is 0.411 e. The van der Waals surface area contributed by atoms with Crippen molar-refractivity contribution in [1.29, 1.82) is 0 Å².